The number of ether oxygens (including phenoxy) is 1. The molecule has 0 bridgehead atoms. The number of halogens is 3. The first-order valence-electron chi connectivity index (χ1n) is 12.8. The van der Waals surface area contributed by atoms with E-state index in [1.165, 1.54) is 30.2 Å². The van der Waals surface area contributed by atoms with E-state index in [9.17, 15) is 27.6 Å². The molecule has 0 aliphatic carbocycles. The fourth-order valence-electron chi connectivity index (χ4n) is 5.04. The number of amides is 1. The van der Waals surface area contributed by atoms with Gasteiger partial charge in [0, 0.05) is 41.8 Å². The predicted octanol–water partition coefficient (Wildman–Crippen LogP) is 4.74. The number of nitrogens with two attached hydrogens (primary N) is 1. The Morgan fingerprint density at radius 1 is 1.10 bits per heavy atom. The Morgan fingerprint density at radius 2 is 1.80 bits per heavy atom. The number of benzene rings is 2. The number of hydrogen-bond donors (Lipinski definition) is 1. The highest BCUT2D eigenvalue weighted by Gasteiger charge is 2.48. The lowest BCUT2D eigenvalue weighted by molar-refractivity contribution is -0.202. The Hall–Kier alpha value is -4.06. The molecule has 12 heteroatoms. The van der Waals surface area contributed by atoms with Crippen molar-refractivity contribution in [3.05, 3.63) is 59.8 Å². The summed E-state index contributed by atoms with van der Waals surface area (Å²) in [6, 6.07) is 9.15. The average Bonchev–Trinajstić information content (AvgIpc) is 3.27. The summed E-state index contributed by atoms with van der Waals surface area (Å²) in [5, 5.41) is 1.29. The molecule has 0 saturated carbocycles. The third-order valence-electron chi connectivity index (χ3n) is 6.72. The molecular formula is C28H31F3N4O5. The standard InChI is InChI=1S/C28H31F3N4O5/c1-5-33-15-20(19-8-6-7-9-21(19)33)24-25(36)34(14-18(32)12-16(2)3)23-13-17(26(37)39-4)10-11-22(23)35(24)40-27(38)28(29,30)31/h6-11,13,15-16,18,24H,5,12,14,32H2,1-4H3. The Labute approximate surface area is 229 Å². The molecule has 9 nitrogen and oxygen atoms in total. The zero-order chi connectivity index (χ0) is 29.4. The number of rotatable bonds is 8. The van der Waals surface area contributed by atoms with Crippen LogP contribution in [0.2, 0.25) is 0 Å². The summed E-state index contributed by atoms with van der Waals surface area (Å²) in [6.07, 6.45) is -3.10. The maximum Gasteiger partial charge on any atom is 0.493 e. The van der Waals surface area contributed by atoms with Crippen molar-refractivity contribution in [2.45, 2.75) is 52.0 Å². The summed E-state index contributed by atoms with van der Waals surface area (Å²) in [6.45, 7) is 6.37. The first-order chi connectivity index (χ1) is 18.9. The second kappa shape index (κ2) is 11.2. The molecule has 2 aromatic carbocycles. The van der Waals surface area contributed by atoms with Gasteiger partial charge in [-0.2, -0.15) is 18.2 Å². The quantitative estimate of drug-likeness (QED) is 0.397. The van der Waals surface area contributed by atoms with Crippen LogP contribution in [0, 0.1) is 5.92 Å². The van der Waals surface area contributed by atoms with E-state index in [4.69, 9.17) is 15.3 Å². The fraction of sp³-hybridized carbons (Fsp3) is 0.393. The van der Waals surface area contributed by atoms with E-state index in [-0.39, 0.29) is 29.4 Å². The largest absolute Gasteiger partial charge is 0.493 e. The maximum absolute atomic E-state index is 14.3. The molecule has 40 heavy (non-hydrogen) atoms. The van der Waals surface area contributed by atoms with E-state index in [1.807, 2.05) is 37.5 Å². The zero-order valence-corrected chi connectivity index (χ0v) is 22.6. The molecule has 1 aromatic heterocycles. The first-order valence-corrected chi connectivity index (χ1v) is 12.8. The molecule has 3 aromatic rings. The minimum Gasteiger partial charge on any atom is -0.465 e. The number of fused-ring (bicyclic) bond motifs is 2. The summed E-state index contributed by atoms with van der Waals surface area (Å²) in [5.41, 5.74) is 7.60. The topological polar surface area (TPSA) is 107 Å². The molecule has 1 aliphatic heterocycles. The lowest BCUT2D eigenvalue weighted by Gasteiger charge is -2.42. The molecule has 2 heterocycles. The highest BCUT2D eigenvalue weighted by Crippen LogP contribution is 2.45. The highest BCUT2D eigenvalue weighted by atomic mass is 19.4. The van der Waals surface area contributed by atoms with Gasteiger partial charge in [0.15, 0.2) is 6.04 Å². The minimum absolute atomic E-state index is 0.0125. The number of anilines is 2. The average molecular weight is 561 g/mol. The van der Waals surface area contributed by atoms with Crippen LogP contribution in [0.4, 0.5) is 24.5 Å². The maximum atomic E-state index is 14.3. The Morgan fingerprint density at radius 3 is 2.42 bits per heavy atom. The van der Waals surface area contributed by atoms with Gasteiger partial charge in [0.2, 0.25) is 0 Å². The van der Waals surface area contributed by atoms with Crippen molar-refractivity contribution >= 4 is 40.1 Å². The molecule has 214 valence electrons. The van der Waals surface area contributed by atoms with Crippen LogP contribution in [-0.2, 0) is 25.7 Å². The molecule has 2 atom stereocenters. The van der Waals surface area contributed by atoms with E-state index in [0.717, 1.165) is 5.52 Å². The molecule has 0 fully saturated rings. The van der Waals surface area contributed by atoms with Gasteiger partial charge < -0.3 is 24.8 Å². The number of hydroxylamine groups is 1. The first kappa shape index (κ1) is 28.9. The summed E-state index contributed by atoms with van der Waals surface area (Å²) < 4.78 is 46.9. The fourth-order valence-corrected chi connectivity index (χ4v) is 5.04. The number of hydrogen-bond acceptors (Lipinski definition) is 7. The number of carbonyl (C=O) groups excluding carboxylic acids is 3. The Balaban J connectivity index is 1.96. The minimum atomic E-state index is -5.33. The highest BCUT2D eigenvalue weighted by molar-refractivity contribution is 6.09. The lowest BCUT2D eigenvalue weighted by Crippen LogP contribution is -2.53. The summed E-state index contributed by atoms with van der Waals surface area (Å²) >= 11 is 0. The molecule has 1 aliphatic rings. The molecule has 0 radical (unpaired) electrons. The second-order valence-electron chi connectivity index (χ2n) is 10.0. The van der Waals surface area contributed by atoms with Crippen LogP contribution in [0.25, 0.3) is 10.9 Å². The number of carbonyl (C=O) groups is 3. The van der Waals surface area contributed by atoms with Gasteiger partial charge >= 0.3 is 18.1 Å². The van der Waals surface area contributed by atoms with Crippen molar-refractivity contribution in [2.75, 3.05) is 23.6 Å². The van der Waals surface area contributed by atoms with E-state index in [2.05, 4.69) is 0 Å². The van der Waals surface area contributed by atoms with Crippen molar-refractivity contribution in [1.29, 1.82) is 0 Å². The monoisotopic (exact) mass is 560 g/mol. The van der Waals surface area contributed by atoms with Crippen LogP contribution in [-0.4, -0.2) is 48.3 Å². The molecular weight excluding hydrogens is 529 g/mol. The van der Waals surface area contributed by atoms with Gasteiger partial charge in [-0.25, -0.2) is 9.59 Å². The third-order valence-corrected chi connectivity index (χ3v) is 6.72. The molecule has 4 rings (SSSR count). The zero-order valence-electron chi connectivity index (χ0n) is 22.6. The summed E-state index contributed by atoms with van der Waals surface area (Å²) in [5.74, 6) is -3.66. The van der Waals surface area contributed by atoms with Crippen LogP contribution in [0.3, 0.4) is 0 Å². The number of esters is 1. The lowest BCUT2D eigenvalue weighted by atomic mass is 9.97. The van der Waals surface area contributed by atoms with Gasteiger partial charge in [-0.05, 0) is 43.5 Å². The van der Waals surface area contributed by atoms with Gasteiger partial charge in [-0.15, -0.1) is 0 Å². The van der Waals surface area contributed by atoms with Gasteiger partial charge in [0.1, 0.15) is 5.69 Å². The Kier molecular flexibility index (Phi) is 8.10. The van der Waals surface area contributed by atoms with E-state index < -0.39 is 36.1 Å². The molecule has 1 amide bonds. The predicted molar refractivity (Wildman–Crippen MR) is 143 cm³/mol. The van der Waals surface area contributed by atoms with E-state index in [0.29, 0.717) is 29.0 Å². The molecule has 2 unspecified atom stereocenters. The van der Waals surface area contributed by atoms with Crippen molar-refractivity contribution < 1.29 is 37.1 Å². The summed E-state index contributed by atoms with van der Waals surface area (Å²) in [7, 11) is 1.18. The number of aromatic nitrogens is 1. The van der Waals surface area contributed by atoms with E-state index in [1.54, 1.807) is 18.3 Å². The SMILES string of the molecule is CCn1cc(C2C(=O)N(CC(N)CC(C)C)c3cc(C(=O)OC)ccc3N2OC(=O)C(F)(F)F)c2ccccc21. The van der Waals surface area contributed by atoms with Crippen molar-refractivity contribution in [2.24, 2.45) is 11.7 Å². The normalized spacial score (nSPS) is 16.3. The number of alkyl halides is 3. The second-order valence-corrected chi connectivity index (χ2v) is 10.0. The van der Waals surface area contributed by atoms with Crippen LogP contribution >= 0.6 is 0 Å². The van der Waals surface area contributed by atoms with Gasteiger partial charge in [-0.1, -0.05) is 32.0 Å². The number of aryl methyl sites for hydroxylation is 1. The molecule has 0 spiro atoms. The van der Waals surface area contributed by atoms with Crippen molar-refractivity contribution in [1.82, 2.24) is 4.57 Å². The van der Waals surface area contributed by atoms with Gasteiger partial charge in [0.25, 0.3) is 5.91 Å². The van der Waals surface area contributed by atoms with Crippen LogP contribution < -0.4 is 15.7 Å². The molecule has 2 N–H and O–H groups in total. The van der Waals surface area contributed by atoms with E-state index >= 15 is 0 Å². The van der Waals surface area contributed by atoms with Gasteiger partial charge in [0.05, 0.1) is 18.4 Å². The van der Waals surface area contributed by atoms with Crippen LogP contribution in [0.1, 0.15) is 49.2 Å². The Bertz CT molecular complexity index is 1440. The van der Waals surface area contributed by atoms with Gasteiger partial charge in [-0.3, -0.25) is 4.79 Å². The van der Waals surface area contributed by atoms with Crippen molar-refractivity contribution in [3.8, 4) is 0 Å². The number of nitrogens with zero attached hydrogens (tertiary/aromatic N) is 3. The number of para-hydroxylation sites is 1. The third kappa shape index (κ3) is 5.48. The number of methoxy groups -OCH3 is 1. The summed E-state index contributed by atoms with van der Waals surface area (Å²) in [4.78, 5) is 45.0. The van der Waals surface area contributed by atoms with Crippen molar-refractivity contribution in [3.63, 3.8) is 0 Å². The van der Waals surface area contributed by atoms with Crippen LogP contribution in [0.5, 0.6) is 0 Å². The van der Waals surface area contributed by atoms with Crippen LogP contribution in [0.15, 0.2) is 48.7 Å². The smallest absolute Gasteiger partial charge is 0.465 e. The molecule has 0 saturated heterocycles.